The monoisotopic (exact) mass is 368 g/mol. The number of benzene rings is 1. The smallest absolute Gasteiger partial charge is 0.242 e. The van der Waals surface area contributed by atoms with Gasteiger partial charge in [-0.1, -0.05) is 18.6 Å². The maximum Gasteiger partial charge on any atom is 0.242 e. The Kier molecular flexibility index (Phi) is 5.11. The minimum absolute atomic E-state index is 0.140. The zero-order valence-electron chi connectivity index (χ0n) is 14.9. The largest absolute Gasteiger partial charge is 0.437 e. The summed E-state index contributed by atoms with van der Waals surface area (Å²) < 4.78 is 18.9. The molecule has 3 heterocycles. The molecule has 27 heavy (non-hydrogen) atoms. The van der Waals surface area contributed by atoms with Crippen LogP contribution in [0.4, 0.5) is 4.39 Å². The summed E-state index contributed by atoms with van der Waals surface area (Å²) in [5.74, 6) is -0.0391. The molecule has 1 aliphatic rings. The molecule has 6 nitrogen and oxygen atoms in total. The summed E-state index contributed by atoms with van der Waals surface area (Å²) in [5, 5.41) is 2.91. The second kappa shape index (κ2) is 7.84. The van der Waals surface area contributed by atoms with Gasteiger partial charge in [0.15, 0.2) is 11.2 Å². The van der Waals surface area contributed by atoms with E-state index in [0.717, 1.165) is 31.5 Å². The highest BCUT2D eigenvalue weighted by Crippen LogP contribution is 2.25. The number of amides is 1. The van der Waals surface area contributed by atoms with Gasteiger partial charge >= 0.3 is 0 Å². The third-order valence-corrected chi connectivity index (χ3v) is 4.81. The molecule has 1 aromatic carbocycles. The van der Waals surface area contributed by atoms with Crippen LogP contribution < -0.4 is 5.32 Å². The molecule has 1 unspecified atom stereocenters. The molecule has 4 rings (SSSR count). The van der Waals surface area contributed by atoms with Gasteiger partial charge in [-0.2, -0.15) is 4.98 Å². The second-order valence-electron chi connectivity index (χ2n) is 6.70. The van der Waals surface area contributed by atoms with Gasteiger partial charge in [0.05, 0.1) is 6.54 Å². The fourth-order valence-electron chi connectivity index (χ4n) is 3.50. The Hall–Kier alpha value is -2.80. The number of fused-ring (bicyclic) bond motifs is 1. The SMILES string of the molecule is O=C(NCc1nc2ncccc2o1)C(c1ccc(F)cc1)N1CCCCC1. The Balaban J connectivity index is 1.51. The molecule has 2 aromatic heterocycles. The lowest BCUT2D eigenvalue weighted by molar-refractivity contribution is -0.127. The highest BCUT2D eigenvalue weighted by Gasteiger charge is 2.29. The van der Waals surface area contributed by atoms with E-state index in [1.165, 1.54) is 18.6 Å². The average Bonchev–Trinajstić information content (AvgIpc) is 3.12. The van der Waals surface area contributed by atoms with Crippen molar-refractivity contribution < 1.29 is 13.6 Å². The molecule has 3 aromatic rings. The number of likely N-dealkylation sites (tertiary alicyclic amines) is 1. The first-order valence-electron chi connectivity index (χ1n) is 9.18. The number of nitrogens with zero attached hydrogens (tertiary/aromatic N) is 3. The summed E-state index contributed by atoms with van der Waals surface area (Å²) in [5.41, 5.74) is 1.90. The Bertz CT molecular complexity index is 886. The molecule has 0 radical (unpaired) electrons. The minimum atomic E-state index is -0.451. The van der Waals surface area contributed by atoms with Gasteiger partial charge in [0.1, 0.15) is 11.9 Å². The van der Waals surface area contributed by atoms with Crippen molar-refractivity contribution in [2.24, 2.45) is 0 Å². The number of halogens is 1. The van der Waals surface area contributed by atoms with Gasteiger partial charge in [-0.15, -0.1) is 0 Å². The summed E-state index contributed by atoms with van der Waals surface area (Å²) in [6, 6.07) is 9.26. The molecule has 1 N–H and O–H groups in total. The first-order chi connectivity index (χ1) is 13.2. The lowest BCUT2D eigenvalue weighted by Gasteiger charge is -2.33. The van der Waals surface area contributed by atoms with Crippen LogP contribution in [0, 0.1) is 5.82 Å². The first kappa shape index (κ1) is 17.6. The van der Waals surface area contributed by atoms with Crippen molar-refractivity contribution in [3.05, 3.63) is 59.9 Å². The quantitative estimate of drug-likeness (QED) is 0.749. The number of piperidine rings is 1. The number of nitrogens with one attached hydrogen (secondary N) is 1. The van der Waals surface area contributed by atoms with Crippen LogP contribution in [-0.2, 0) is 11.3 Å². The fraction of sp³-hybridized carbons (Fsp3) is 0.350. The van der Waals surface area contributed by atoms with E-state index in [9.17, 15) is 9.18 Å². The third kappa shape index (κ3) is 3.98. The summed E-state index contributed by atoms with van der Waals surface area (Å²) in [7, 11) is 0. The molecular weight excluding hydrogens is 347 g/mol. The fourth-order valence-corrected chi connectivity index (χ4v) is 3.50. The van der Waals surface area contributed by atoms with E-state index in [2.05, 4.69) is 20.2 Å². The number of hydrogen-bond donors (Lipinski definition) is 1. The lowest BCUT2D eigenvalue weighted by Crippen LogP contribution is -2.42. The topological polar surface area (TPSA) is 71.3 Å². The average molecular weight is 368 g/mol. The summed E-state index contributed by atoms with van der Waals surface area (Å²) in [6.07, 6.45) is 4.93. The van der Waals surface area contributed by atoms with Crippen LogP contribution in [0.3, 0.4) is 0 Å². The summed E-state index contributed by atoms with van der Waals surface area (Å²) in [4.78, 5) is 23.6. The molecule has 1 amide bonds. The highest BCUT2D eigenvalue weighted by molar-refractivity contribution is 5.83. The van der Waals surface area contributed by atoms with E-state index in [4.69, 9.17) is 4.42 Å². The van der Waals surface area contributed by atoms with Gasteiger partial charge < -0.3 is 9.73 Å². The minimum Gasteiger partial charge on any atom is -0.437 e. The van der Waals surface area contributed by atoms with Crippen molar-refractivity contribution in [2.45, 2.75) is 31.8 Å². The predicted molar refractivity (Wildman–Crippen MR) is 98.2 cm³/mol. The number of carbonyl (C=O) groups is 1. The van der Waals surface area contributed by atoms with Crippen molar-refractivity contribution in [3.63, 3.8) is 0 Å². The standard InChI is InChI=1S/C20H21FN4O2/c21-15-8-6-14(7-9-15)18(25-11-2-1-3-12-25)20(26)23-13-17-24-19-16(27-17)5-4-10-22-19/h4-10,18H,1-3,11-13H2,(H,23,26). The Morgan fingerprint density at radius 2 is 1.96 bits per heavy atom. The Morgan fingerprint density at radius 3 is 2.70 bits per heavy atom. The molecule has 0 bridgehead atoms. The molecule has 0 aliphatic carbocycles. The van der Waals surface area contributed by atoms with Crippen molar-refractivity contribution >= 4 is 17.1 Å². The normalized spacial score (nSPS) is 16.3. The molecule has 1 aliphatic heterocycles. The van der Waals surface area contributed by atoms with Gasteiger partial charge in [0, 0.05) is 6.20 Å². The van der Waals surface area contributed by atoms with Crippen molar-refractivity contribution in [2.75, 3.05) is 13.1 Å². The van der Waals surface area contributed by atoms with Crippen molar-refractivity contribution in [1.82, 2.24) is 20.2 Å². The maximum atomic E-state index is 13.3. The molecule has 0 saturated carbocycles. The number of oxazole rings is 1. The number of aromatic nitrogens is 2. The zero-order chi connectivity index (χ0) is 18.6. The van der Waals surface area contributed by atoms with Gasteiger partial charge in [0.2, 0.25) is 11.8 Å². The van der Waals surface area contributed by atoms with E-state index >= 15 is 0 Å². The van der Waals surface area contributed by atoms with Crippen LogP contribution >= 0.6 is 0 Å². The highest BCUT2D eigenvalue weighted by atomic mass is 19.1. The second-order valence-corrected chi connectivity index (χ2v) is 6.70. The van der Waals surface area contributed by atoms with Gasteiger partial charge in [0.25, 0.3) is 0 Å². The van der Waals surface area contributed by atoms with Crippen LogP contribution in [0.1, 0.15) is 36.8 Å². The first-order valence-corrected chi connectivity index (χ1v) is 9.18. The molecular formula is C20H21FN4O2. The molecule has 1 fully saturated rings. The Morgan fingerprint density at radius 1 is 1.19 bits per heavy atom. The van der Waals surface area contributed by atoms with Gasteiger partial charge in [-0.25, -0.2) is 9.37 Å². The Labute approximate surface area is 156 Å². The predicted octanol–water partition coefficient (Wildman–Crippen LogP) is 3.21. The maximum absolute atomic E-state index is 13.3. The van der Waals surface area contributed by atoms with Crippen LogP contribution in [0.5, 0.6) is 0 Å². The van der Waals surface area contributed by atoms with E-state index in [1.54, 1.807) is 30.5 Å². The lowest BCUT2D eigenvalue weighted by atomic mass is 10.0. The van der Waals surface area contributed by atoms with Crippen molar-refractivity contribution in [1.29, 1.82) is 0 Å². The van der Waals surface area contributed by atoms with E-state index < -0.39 is 6.04 Å². The number of pyridine rings is 1. The van der Waals surface area contributed by atoms with Crippen LogP contribution in [0.2, 0.25) is 0 Å². The van der Waals surface area contributed by atoms with Crippen molar-refractivity contribution in [3.8, 4) is 0 Å². The molecule has 0 spiro atoms. The number of hydrogen-bond acceptors (Lipinski definition) is 5. The molecule has 7 heteroatoms. The van der Waals surface area contributed by atoms with Gasteiger partial charge in [-0.3, -0.25) is 9.69 Å². The van der Waals surface area contributed by atoms with E-state index in [-0.39, 0.29) is 18.3 Å². The summed E-state index contributed by atoms with van der Waals surface area (Å²) >= 11 is 0. The number of carbonyl (C=O) groups excluding carboxylic acids is 1. The zero-order valence-corrected chi connectivity index (χ0v) is 14.9. The van der Waals surface area contributed by atoms with E-state index in [0.29, 0.717) is 17.1 Å². The van der Waals surface area contributed by atoms with E-state index in [1.807, 2.05) is 0 Å². The number of rotatable bonds is 5. The molecule has 1 atom stereocenters. The van der Waals surface area contributed by atoms with Crippen LogP contribution in [0.25, 0.3) is 11.2 Å². The third-order valence-electron chi connectivity index (χ3n) is 4.81. The molecule has 1 saturated heterocycles. The van der Waals surface area contributed by atoms with Crippen LogP contribution in [-0.4, -0.2) is 33.9 Å². The summed E-state index contributed by atoms with van der Waals surface area (Å²) in [6.45, 7) is 1.88. The van der Waals surface area contributed by atoms with Gasteiger partial charge in [-0.05, 0) is 55.8 Å². The molecule has 140 valence electrons. The van der Waals surface area contributed by atoms with Crippen LogP contribution in [0.15, 0.2) is 47.0 Å².